The predicted molar refractivity (Wildman–Crippen MR) is 111 cm³/mol. The summed E-state index contributed by atoms with van der Waals surface area (Å²) in [6.07, 6.45) is 8.88. The van der Waals surface area contributed by atoms with Crippen LogP contribution >= 0.6 is 0 Å². The zero-order valence-corrected chi connectivity index (χ0v) is 16.3. The van der Waals surface area contributed by atoms with Crippen LogP contribution in [0, 0.1) is 0 Å². The van der Waals surface area contributed by atoms with Crippen molar-refractivity contribution in [2.75, 3.05) is 11.9 Å². The Bertz CT molecular complexity index is 783. The fraction of sp³-hybridized carbons (Fsp3) is 0.458. The molecule has 2 aromatic carbocycles. The summed E-state index contributed by atoms with van der Waals surface area (Å²) in [7, 11) is 0. The van der Waals surface area contributed by atoms with Crippen LogP contribution in [-0.4, -0.2) is 23.4 Å². The summed E-state index contributed by atoms with van der Waals surface area (Å²) in [6.45, 7) is 2.83. The molecule has 2 atom stereocenters. The van der Waals surface area contributed by atoms with Gasteiger partial charge in [0, 0.05) is 24.7 Å². The number of anilines is 1. The maximum absolute atomic E-state index is 11.2. The molecule has 0 aromatic heterocycles. The van der Waals surface area contributed by atoms with Crippen molar-refractivity contribution in [1.82, 2.24) is 4.90 Å². The molecule has 4 rings (SSSR count). The number of rotatable bonds is 5. The van der Waals surface area contributed by atoms with E-state index in [0.717, 1.165) is 24.6 Å². The summed E-state index contributed by atoms with van der Waals surface area (Å²) in [5.41, 5.74) is 5.03. The molecule has 3 nitrogen and oxygen atoms in total. The van der Waals surface area contributed by atoms with E-state index in [1.165, 1.54) is 55.3 Å². The third-order valence-corrected chi connectivity index (χ3v) is 6.16. The number of carbonyl (C=O) groups excluding carboxylic acids is 1. The molecule has 3 heteroatoms. The van der Waals surface area contributed by atoms with E-state index in [-0.39, 0.29) is 5.91 Å². The number of nitrogens with one attached hydrogen (secondary N) is 1. The first-order valence-corrected chi connectivity index (χ1v) is 10.4. The number of fused-ring (bicyclic) bond motifs is 1. The number of amides is 1. The van der Waals surface area contributed by atoms with Gasteiger partial charge in [0.1, 0.15) is 0 Å². The lowest BCUT2D eigenvalue weighted by molar-refractivity contribution is -0.114. The summed E-state index contributed by atoms with van der Waals surface area (Å²) in [5.74, 6) is -0.0226. The van der Waals surface area contributed by atoms with Crippen LogP contribution in [0.1, 0.15) is 61.8 Å². The van der Waals surface area contributed by atoms with Gasteiger partial charge in [0.25, 0.3) is 0 Å². The van der Waals surface area contributed by atoms with Crippen LogP contribution in [0.25, 0.3) is 0 Å². The van der Waals surface area contributed by atoms with Gasteiger partial charge in [-0.25, -0.2) is 0 Å². The number of benzene rings is 2. The van der Waals surface area contributed by atoms with Gasteiger partial charge in [-0.3, -0.25) is 9.69 Å². The third kappa shape index (κ3) is 4.41. The molecule has 2 aliphatic heterocycles. The van der Waals surface area contributed by atoms with Crippen LogP contribution in [0.3, 0.4) is 0 Å². The largest absolute Gasteiger partial charge is 0.326 e. The molecule has 1 N–H and O–H groups in total. The van der Waals surface area contributed by atoms with E-state index in [4.69, 9.17) is 0 Å². The number of carbonyl (C=O) groups is 1. The highest BCUT2D eigenvalue weighted by Gasteiger charge is 2.35. The van der Waals surface area contributed by atoms with E-state index >= 15 is 0 Å². The van der Waals surface area contributed by atoms with Crippen molar-refractivity contribution in [3.8, 4) is 0 Å². The average Bonchev–Trinajstić information content (AvgIpc) is 3.11. The first-order chi connectivity index (χ1) is 13.2. The van der Waals surface area contributed by atoms with Gasteiger partial charge < -0.3 is 5.32 Å². The number of hydrogen-bond acceptors (Lipinski definition) is 2. The Morgan fingerprint density at radius 3 is 2.63 bits per heavy atom. The van der Waals surface area contributed by atoms with Crippen molar-refractivity contribution in [2.45, 2.75) is 64.0 Å². The summed E-state index contributed by atoms with van der Waals surface area (Å²) in [6, 6.07) is 19.0. The van der Waals surface area contributed by atoms with E-state index in [1.54, 1.807) is 6.92 Å². The number of nitrogens with zero attached hydrogens (tertiary/aromatic N) is 1. The summed E-state index contributed by atoms with van der Waals surface area (Å²) >= 11 is 0. The maximum atomic E-state index is 11.2. The first-order valence-electron chi connectivity index (χ1n) is 10.4. The van der Waals surface area contributed by atoms with E-state index < -0.39 is 0 Å². The Labute approximate surface area is 162 Å². The lowest BCUT2D eigenvalue weighted by atomic mass is 9.99. The highest BCUT2D eigenvalue weighted by atomic mass is 16.1. The highest BCUT2D eigenvalue weighted by molar-refractivity contribution is 5.88. The van der Waals surface area contributed by atoms with Gasteiger partial charge in [0.05, 0.1) is 0 Å². The fourth-order valence-corrected chi connectivity index (χ4v) is 4.82. The molecular weight excluding hydrogens is 332 g/mol. The smallest absolute Gasteiger partial charge is 0.221 e. The third-order valence-electron chi connectivity index (χ3n) is 6.16. The van der Waals surface area contributed by atoms with Gasteiger partial charge in [-0.2, -0.15) is 0 Å². The lowest BCUT2D eigenvalue weighted by Crippen LogP contribution is -2.35. The summed E-state index contributed by atoms with van der Waals surface area (Å²) in [4.78, 5) is 14.0. The van der Waals surface area contributed by atoms with Crippen LogP contribution in [-0.2, 0) is 17.6 Å². The molecule has 0 unspecified atom stereocenters. The maximum Gasteiger partial charge on any atom is 0.221 e. The van der Waals surface area contributed by atoms with Crippen LogP contribution in [0.15, 0.2) is 48.5 Å². The molecule has 2 aromatic rings. The summed E-state index contributed by atoms with van der Waals surface area (Å²) in [5, 5.41) is 2.86. The van der Waals surface area contributed by atoms with Gasteiger partial charge in [0.2, 0.25) is 5.91 Å². The van der Waals surface area contributed by atoms with Crippen LogP contribution < -0.4 is 5.32 Å². The Morgan fingerprint density at radius 1 is 1.00 bits per heavy atom. The zero-order chi connectivity index (χ0) is 18.6. The van der Waals surface area contributed by atoms with Crippen molar-refractivity contribution in [3.63, 3.8) is 0 Å². The van der Waals surface area contributed by atoms with Crippen molar-refractivity contribution in [3.05, 3.63) is 65.2 Å². The second-order valence-corrected chi connectivity index (χ2v) is 8.10. The number of hydrogen-bond donors (Lipinski definition) is 1. The Balaban J connectivity index is 1.36. The monoisotopic (exact) mass is 362 g/mol. The predicted octanol–water partition coefficient (Wildman–Crippen LogP) is 5.12. The zero-order valence-electron chi connectivity index (χ0n) is 16.3. The molecule has 2 aliphatic rings. The highest BCUT2D eigenvalue weighted by Crippen LogP contribution is 2.40. The molecule has 1 amide bonds. The standard InChI is InChI=1S/C24H30N2O/c1-18(27)25-22-6-4-5-20(17-22)9-8-19-10-12-21(13-11-19)24-15-14-23-7-2-3-16-26(23)24/h4-6,10-13,17,23-24H,2-3,7-9,14-16H2,1H3,(H,25,27)/t23-,24+/m1/s1. The molecule has 0 saturated carbocycles. The Hall–Kier alpha value is -2.13. The second-order valence-electron chi connectivity index (χ2n) is 8.10. The number of piperidine rings is 1. The molecule has 0 radical (unpaired) electrons. The van der Waals surface area contributed by atoms with Gasteiger partial charge in [-0.05, 0) is 73.9 Å². The van der Waals surface area contributed by atoms with Gasteiger partial charge in [-0.15, -0.1) is 0 Å². The van der Waals surface area contributed by atoms with Gasteiger partial charge >= 0.3 is 0 Å². The van der Waals surface area contributed by atoms with Gasteiger partial charge in [-0.1, -0.05) is 42.8 Å². The molecule has 2 heterocycles. The van der Waals surface area contributed by atoms with Crippen LogP contribution in [0.5, 0.6) is 0 Å². The van der Waals surface area contributed by atoms with Crippen LogP contribution in [0.4, 0.5) is 5.69 Å². The molecular formula is C24H30N2O. The Morgan fingerprint density at radius 2 is 1.81 bits per heavy atom. The molecule has 142 valence electrons. The van der Waals surface area contributed by atoms with Crippen molar-refractivity contribution < 1.29 is 4.79 Å². The van der Waals surface area contributed by atoms with Crippen LogP contribution in [0.2, 0.25) is 0 Å². The lowest BCUT2D eigenvalue weighted by Gasteiger charge is -2.34. The quantitative estimate of drug-likeness (QED) is 0.801. The van der Waals surface area contributed by atoms with Crippen molar-refractivity contribution in [1.29, 1.82) is 0 Å². The molecule has 0 bridgehead atoms. The van der Waals surface area contributed by atoms with E-state index in [1.807, 2.05) is 12.1 Å². The minimum atomic E-state index is -0.0226. The van der Waals surface area contributed by atoms with E-state index in [9.17, 15) is 4.79 Å². The SMILES string of the molecule is CC(=O)Nc1cccc(CCc2ccc([C@@H]3CC[C@H]4CCCCN43)cc2)c1. The number of aryl methyl sites for hydroxylation is 2. The van der Waals surface area contributed by atoms with Gasteiger partial charge in [0.15, 0.2) is 0 Å². The Kier molecular flexibility index (Phi) is 5.58. The normalized spacial score (nSPS) is 22.4. The first kappa shape index (κ1) is 18.2. The van der Waals surface area contributed by atoms with E-state index in [0.29, 0.717) is 6.04 Å². The molecule has 2 saturated heterocycles. The van der Waals surface area contributed by atoms with Crippen molar-refractivity contribution >= 4 is 11.6 Å². The fourth-order valence-electron chi connectivity index (χ4n) is 4.82. The molecule has 2 fully saturated rings. The second kappa shape index (κ2) is 8.26. The molecule has 27 heavy (non-hydrogen) atoms. The van der Waals surface area contributed by atoms with Crippen molar-refractivity contribution in [2.24, 2.45) is 0 Å². The van der Waals surface area contributed by atoms with E-state index in [2.05, 4.69) is 46.6 Å². The topological polar surface area (TPSA) is 32.3 Å². The average molecular weight is 363 g/mol. The molecule has 0 aliphatic carbocycles. The summed E-state index contributed by atoms with van der Waals surface area (Å²) < 4.78 is 0. The minimum Gasteiger partial charge on any atom is -0.326 e. The minimum absolute atomic E-state index is 0.0226. The molecule has 0 spiro atoms.